The summed E-state index contributed by atoms with van der Waals surface area (Å²) in [6.07, 6.45) is 2.20. The Bertz CT molecular complexity index is 596. The molecule has 1 aliphatic rings. The van der Waals surface area contributed by atoms with E-state index in [-0.39, 0.29) is 36.1 Å². The van der Waals surface area contributed by atoms with E-state index in [1.54, 1.807) is 7.05 Å². The van der Waals surface area contributed by atoms with Gasteiger partial charge in [0.05, 0.1) is 18.8 Å². The van der Waals surface area contributed by atoms with Gasteiger partial charge in [0, 0.05) is 38.4 Å². The number of hydrogen-bond acceptors (Lipinski definition) is 4. The molecule has 1 saturated heterocycles. The van der Waals surface area contributed by atoms with Gasteiger partial charge in [0.2, 0.25) is 0 Å². The van der Waals surface area contributed by atoms with Crippen molar-refractivity contribution in [3.8, 4) is 0 Å². The Hall–Kier alpha value is -0.610. The molecular weight excluding hydrogens is 503 g/mol. The third-order valence-corrected chi connectivity index (χ3v) is 5.40. The number of rotatable bonds is 11. The monoisotopic (exact) mass is 538 g/mol. The lowest BCUT2D eigenvalue weighted by Gasteiger charge is -2.31. The Morgan fingerprint density at radius 2 is 2.07 bits per heavy atom. The molecule has 8 heteroatoms. The number of ether oxygens (including phenoxy) is 2. The number of nitrogens with one attached hydrogen (secondary N) is 2. The molecule has 1 aromatic carbocycles. The molecule has 6 nitrogen and oxygen atoms in total. The Morgan fingerprint density at radius 1 is 1.31 bits per heavy atom. The summed E-state index contributed by atoms with van der Waals surface area (Å²) in [5.74, 6) is 0.799. The predicted octanol–water partition coefficient (Wildman–Crippen LogP) is 3.70. The van der Waals surface area contributed by atoms with E-state index in [2.05, 4.69) is 40.4 Å². The Balaban J connectivity index is 0.00000420. The fourth-order valence-electron chi connectivity index (χ4n) is 3.43. The summed E-state index contributed by atoms with van der Waals surface area (Å²) in [4.78, 5) is 6.75. The van der Waals surface area contributed by atoms with Gasteiger partial charge in [-0.15, -0.1) is 24.0 Å². The topological polar surface area (TPSA) is 58.1 Å². The lowest BCUT2D eigenvalue weighted by molar-refractivity contribution is 0.0420. The minimum atomic E-state index is 0. The average molecular weight is 539 g/mol. The van der Waals surface area contributed by atoms with Gasteiger partial charge in [0.15, 0.2) is 5.96 Å². The van der Waals surface area contributed by atoms with Crippen molar-refractivity contribution in [3.05, 3.63) is 34.9 Å². The molecule has 2 N–H and O–H groups in total. The van der Waals surface area contributed by atoms with Crippen molar-refractivity contribution in [2.45, 2.75) is 38.8 Å². The maximum absolute atomic E-state index is 6.48. The van der Waals surface area contributed by atoms with Crippen LogP contribution in [0.15, 0.2) is 29.3 Å². The van der Waals surface area contributed by atoms with E-state index in [9.17, 15) is 0 Å². The Labute approximate surface area is 197 Å². The molecule has 1 aliphatic heterocycles. The SMILES string of the molecule is CCN(CC)C(CNC(=NC)NCCCOC1CCOC1)c1ccccc1Cl.I. The van der Waals surface area contributed by atoms with E-state index in [1.807, 2.05) is 18.2 Å². The largest absolute Gasteiger partial charge is 0.379 e. The zero-order chi connectivity index (χ0) is 20.2. The van der Waals surface area contributed by atoms with E-state index in [0.717, 1.165) is 75.4 Å². The predicted molar refractivity (Wildman–Crippen MR) is 132 cm³/mol. The maximum atomic E-state index is 6.48. The van der Waals surface area contributed by atoms with Crippen molar-refractivity contribution in [1.82, 2.24) is 15.5 Å². The second-order valence-corrected chi connectivity index (χ2v) is 7.26. The third-order valence-electron chi connectivity index (χ3n) is 5.06. The van der Waals surface area contributed by atoms with Crippen LogP contribution in [0.4, 0.5) is 0 Å². The van der Waals surface area contributed by atoms with Crippen molar-refractivity contribution >= 4 is 41.5 Å². The summed E-state index contributed by atoms with van der Waals surface area (Å²) >= 11 is 6.48. The second-order valence-electron chi connectivity index (χ2n) is 6.85. The van der Waals surface area contributed by atoms with Crippen molar-refractivity contribution in [2.75, 3.05) is 53.0 Å². The molecular formula is C21H36ClIN4O2. The zero-order valence-corrected chi connectivity index (χ0v) is 20.9. The highest BCUT2D eigenvalue weighted by Crippen LogP contribution is 2.26. The summed E-state index contributed by atoms with van der Waals surface area (Å²) in [7, 11) is 1.80. The second kappa shape index (κ2) is 15.2. The minimum absolute atomic E-state index is 0. The Kier molecular flexibility index (Phi) is 13.9. The molecule has 29 heavy (non-hydrogen) atoms. The molecule has 0 saturated carbocycles. The van der Waals surface area contributed by atoms with Gasteiger partial charge in [-0.3, -0.25) is 9.89 Å². The molecule has 0 spiro atoms. The van der Waals surface area contributed by atoms with Gasteiger partial charge in [0.1, 0.15) is 0 Å². The summed E-state index contributed by atoms with van der Waals surface area (Å²) < 4.78 is 11.1. The molecule has 1 heterocycles. The average Bonchev–Trinajstić information content (AvgIpc) is 3.23. The molecule has 2 atom stereocenters. The first-order valence-corrected chi connectivity index (χ1v) is 10.7. The number of hydrogen-bond donors (Lipinski definition) is 2. The summed E-state index contributed by atoms with van der Waals surface area (Å²) in [5.41, 5.74) is 1.14. The fraction of sp³-hybridized carbons (Fsp3) is 0.667. The van der Waals surface area contributed by atoms with Crippen molar-refractivity contribution in [1.29, 1.82) is 0 Å². The highest BCUT2D eigenvalue weighted by atomic mass is 127. The van der Waals surface area contributed by atoms with Crippen molar-refractivity contribution < 1.29 is 9.47 Å². The first-order valence-electron chi connectivity index (χ1n) is 10.3. The molecule has 2 rings (SSSR count). The molecule has 2 unspecified atom stereocenters. The lowest BCUT2D eigenvalue weighted by Crippen LogP contribution is -2.43. The van der Waals surface area contributed by atoms with Crippen LogP contribution in [0.5, 0.6) is 0 Å². The molecule has 0 aliphatic carbocycles. The van der Waals surface area contributed by atoms with Crippen LogP contribution < -0.4 is 10.6 Å². The van der Waals surface area contributed by atoms with Gasteiger partial charge >= 0.3 is 0 Å². The summed E-state index contributed by atoms with van der Waals surface area (Å²) in [5, 5.41) is 7.62. The number of halogens is 2. The van der Waals surface area contributed by atoms with E-state index in [1.165, 1.54) is 0 Å². The molecule has 166 valence electrons. The van der Waals surface area contributed by atoms with Crippen LogP contribution >= 0.6 is 35.6 Å². The van der Waals surface area contributed by atoms with Crippen LogP contribution in [0.3, 0.4) is 0 Å². The van der Waals surface area contributed by atoms with E-state index in [4.69, 9.17) is 21.1 Å². The first-order chi connectivity index (χ1) is 13.7. The molecule has 0 amide bonds. The van der Waals surface area contributed by atoms with Gasteiger partial charge in [0.25, 0.3) is 0 Å². The van der Waals surface area contributed by atoms with E-state index in [0.29, 0.717) is 0 Å². The van der Waals surface area contributed by atoms with Crippen LogP contribution in [0.2, 0.25) is 5.02 Å². The van der Waals surface area contributed by atoms with Crippen LogP contribution in [0, 0.1) is 0 Å². The highest BCUT2D eigenvalue weighted by Gasteiger charge is 2.20. The molecule has 0 bridgehead atoms. The Morgan fingerprint density at radius 3 is 2.69 bits per heavy atom. The zero-order valence-electron chi connectivity index (χ0n) is 17.8. The summed E-state index contributed by atoms with van der Waals surface area (Å²) in [6, 6.07) is 8.26. The smallest absolute Gasteiger partial charge is 0.191 e. The number of likely N-dealkylation sites (N-methyl/N-ethyl adjacent to an activating group) is 1. The third kappa shape index (κ3) is 8.96. The van der Waals surface area contributed by atoms with Gasteiger partial charge < -0.3 is 20.1 Å². The number of aliphatic imine (C=N–C) groups is 1. The quantitative estimate of drug-likeness (QED) is 0.195. The lowest BCUT2D eigenvalue weighted by atomic mass is 10.0. The number of benzene rings is 1. The highest BCUT2D eigenvalue weighted by molar-refractivity contribution is 14.0. The van der Waals surface area contributed by atoms with Crippen LogP contribution in [-0.2, 0) is 9.47 Å². The summed E-state index contributed by atoms with van der Waals surface area (Å²) in [6.45, 7) is 10.1. The van der Waals surface area contributed by atoms with Crippen molar-refractivity contribution in [3.63, 3.8) is 0 Å². The van der Waals surface area contributed by atoms with Crippen LogP contribution in [-0.4, -0.2) is 70.0 Å². The molecule has 0 aromatic heterocycles. The minimum Gasteiger partial charge on any atom is -0.379 e. The normalized spacial score (nSPS) is 17.8. The van der Waals surface area contributed by atoms with Crippen LogP contribution in [0.25, 0.3) is 0 Å². The number of guanidine groups is 1. The first kappa shape index (κ1) is 26.4. The fourth-order valence-corrected chi connectivity index (χ4v) is 3.69. The van der Waals surface area contributed by atoms with Crippen LogP contribution in [0.1, 0.15) is 38.3 Å². The van der Waals surface area contributed by atoms with Gasteiger partial charge in [-0.1, -0.05) is 43.6 Å². The molecule has 1 fully saturated rings. The van der Waals surface area contributed by atoms with Gasteiger partial charge in [-0.25, -0.2) is 0 Å². The van der Waals surface area contributed by atoms with Gasteiger partial charge in [-0.2, -0.15) is 0 Å². The molecule has 0 radical (unpaired) electrons. The number of nitrogens with zero attached hydrogens (tertiary/aromatic N) is 2. The van der Waals surface area contributed by atoms with Crippen molar-refractivity contribution in [2.24, 2.45) is 4.99 Å². The van der Waals surface area contributed by atoms with E-state index >= 15 is 0 Å². The van der Waals surface area contributed by atoms with E-state index < -0.39 is 0 Å². The van der Waals surface area contributed by atoms with Gasteiger partial charge in [-0.05, 0) is 37.6 Å². The standard InChI is InChI=1S/C21H35ClN4O2.HI/c1-4-26(5-2)20(18-9-6-7-10-19(18)22)15-25-21(23-3)24-12-8-13-28-17-11-14-27-16-17;/h6-7,9-10,17,20H,4-5,8,11-16H2,1-3H3,(H2,23,24,25);1H. The molecule has 1 aromatic rings. The maximum Gasteiger partial charge on any atom is 0.191 e.